The molecule has 210 valence electrons. The lowest BCUT2D eigenvalue weighted by Crippen LogP contribution is -2.39. The first-order chi connectivity index (χ1) is 19.4. The highest BCUT2D eigenvalue weighted by atomic mass is 16.5. The van der Waals surface area contributed by atoms with Crippen molar-refractivity contribution >= 4 is 28.3 Å². The number of ether oxygens (including phenoxy) is 1. The van der Waals surface area contributed by atoms with Crippen LogP contribution in [0.15, 0.2) is 67.4 Å². The molecule has 7 nitrogen and oxygen atoms in total. The van der Waals surface area contributed by atoms with Crippen LogP contribution in [0, 0.1) is 19.8 Å². The van der Waals surface area contributed by atoms with Crippen LogP contribution in [0.2, 0.25) is 0 Å². The second kappa shape index (κ2) is 13.4. The SMILES string of the molecule is C=C/C=C(\C=C/C)c1ccc(C(=O)N2CCC(Cn3cc4c(C)c(C(=O)NCCOC)ccc4n3)CC2)cc1C. The van der Waals surface area contributed by atoms with E-state index in [9.17, 15) is 9.59 Å². The molecule has 7 heteroatoms. The number of hydrogen-bond acceptors (Lipinski definition) is 4. The molecule has 1 N–H and O–H groups in total. The highest BCUT2D eigenvalue weighted by Gasteiger charge is 2.25. The first-order valence-electron chi connectivity index (χ1n) is 14.0. The number of carbonyl (C=O) groups is 2. The highest BCUT2D eigenvalue weighted by molar-refractivity contribution is 6.00. The lowest BCUT2D eigenvalue weighted by molar-refractivity contribution is 0.0681. The summed E-state index contributed by atoms with van der Waals surface area (Å²) in [4.78, 5) is 27.8. The Balaban J connectivity index is 1.37. The number of likely N-dealkylation sites (tertiary alicyclic amines) is 1. The van der Waals surface area contributed by atoms with Crippen LogP contribution in [-0.2, 0) is 11.3 Å². The molecule has 1 aliphatic rings. The van der Waals surface area contributed by atoms with Crippen LogP contribution in [-0.4, -0.2) is 59.8 Å². The van der Waals surface area contributed by atoms with Gasteiger partial charge >= 0.3 is 0 Å². The number of amides is 2. The number of nitrogens with one attached hydrogen (secondary N) is 1. The molecule has 0 saturated carbocycles. The van der Waals surface area contributed by atoms with Crippen molar-refractivity contribution in [2.45, 2.75) is 40.2 Å². The average Bonchev–Trinajstić information content (AvgIpc) is 3.36. The maximum Gasteiger partial charge on any atom is 0.253 e. The zero-order valence-electron chi connectivity index (χ0n) is 24.1. The maximum atomic E-state index is 13.3. The normalized spacial score (nSPS) is 14.7. The van der Waals surface area contributed by atoms with Gasteiger partial charge in [0.15, 0.2) is 0 Å². The molecule has 1 aliphatic heterocycles. The second-order valence-corrected chi connectivity index (χ2v) is 10.4. The van der Waals surface area contributed by atoms with Gasteiger partial charge in [0.25, 0.3) is 11.8 Å². The molecule has 2 amide bonds. The number of hydrogen-bond donors (Lipinski definition) is 1. The zero-order chi connectivity index (χ0) is 28.6. The number of rotatable bonds is 10. The number of piperidine rings is 1. The van der Waals surface area contributed by atoms with Crippen LogP contribution in [0.25, 0.3) is 16.5 Å². The Labute approximate surface area is 237 Å². The summed E-state index contributed by atoms with van der Waals surface area (Å²) in [6, 6.07) is 9.71. The molecule has 0 aliphatic carbocycles. The van der Waals surface area contributed by atoms with Crippen molar-refractivity contribution < 1.29 is 14.3 Å². The molecule has 0 radical (unpaired) electrons. The minimum absolute atomic E-state index is 0.0881. The molecular weight excluding hydrogens is 500 g/mol. The molecule has 0 bridgehead atoms. The molecule has 2 aromatic carbocycles. The van der Waals surface area contributed by atoms with E-state index in [1.807, 2.05) is 79.0 Å². The summed E-state index contributed by atoms with van der Waals surface area (Å²) >= 11 is 0. The Morgan fingerprint density at radius 2 is 1.90 bits per heavy atom. The number of aromatic nitrogens is 2. The predicted octanol–water partition coefficient (Wildman–Crippen LogP) is 5.73. The Morgan fingerprint density at radius 3 is 2.58 bits per heavy atom. The van der Waals surface area contributed by atoms with Gasteiger partial charge in [0.1, 0.15) is 0 Å². The highest BCUT2D eigenvalue weighted by Crippen LogP contribution is 2.26. The molecule has 4 rings (SSSR count). The minimum Gasteiger partial charge on any atom is -0.383 e. The van der Waals surface area contributed by atoms with Crippen LogP contribution in [0.1, 0.15) is 57.2 Å². The lowest BCUT2D eigenvalue weighted by Gasteiger charge is -2.32. The van der Waals surface area contributed by atoms with E-state index in [0.29, 0.717) is 24.6 Å². The van der Waals surface area contributed by atoms with Crippen LogP contribution < -0.4 is 5.32 Å². The fraction of sp³-hybridized carbons (Fsp3) is 0.364. The predicted molar refractivity (Wildman–Crippen MR) is 161 cm³/mol. The zero-order valence-corrected chi connectivity index (χ0v) is 24.1. The van der Waals surface area contributed by atoms with Gasteiger partial charge in [-0.05, 0) is 86.1 Å². The summed E-state index contributed by atoms with van der Waals surface area (Å²) in [5, 5.41) is 8.66. The van der Waals surface area contributed by atoms with Crippen LogP contribution in [0.5, 0.6) is 0 Å². The van der Waals surface area contributed by atoms with Crippen LogP contribution in [0.4, 0.5) is 0 Å². The van der Waals surface area contributed by atoms with Crippen molar-refractivity contribution in [1.82, 2.24) is 20.0 Å². The third-order valence-corrected chi connectivity index (χ3v) is 7.62. The number of nitrogens with zero attached hydrogens (tertiary/aromatic N) is 3. The van der Waals surface area contributed by atoms with Gasteiger partial charge < -0.3 is 15.0 Å². The standard InChI is InChI=1S/C33H40N4O3/c1-6-8-26(9-7-2)28-11-10-27(20-23(28)3)33(39)36-17-14-25(15-18-36)21-37-22-30-24(4)29(12-13-31(30)35-37)32(38)34-16-19-40-5/h6-13,20,22,25H,1,14-19,21H2,2-5H3,(H,34,38)/b9-7-,26-8+. The van der Waals surface area contributed by atoms with E-state index in [-0.39, 0.29) is 11.8 Å². The molecule has 40 heavy (non-hydrogen) atoms. The van der Waals surface area contributed by atoms with E-state index in [4.69, 9.17) is 9.84 Å². The monoisotopic (exact) mass is 540 g/mol. The van der Waals surface area contributed by atoms with Gasteiger partial charge in [-0.25, -0.2) is 0 Å². The Bertz CT molecular complexity index is 1440. The number of allylic oxidation sites excluding steroid dienone is 5. The topological polar surface area (TPSA) is 76.5 Å². The van der Waals surface area contributed by atoms with Gasteiger partial charge in [-0.1, -0.05) is 36.9 Å². The molecule has 0 unspecified atom stereocenters. The number of fused-ring (bicyclic) bond motifs is 1. The first kappa shape index (κ1) is 29.0. The smallest absolute Gasteiger partial charge is 0.253 e. The largest absolute Gasteiger partial charge is 0.383 e. The molecule has 1 aromatic heterocycles. The summed E-state index contributed by atoms with van der Waals surface area (Å²) in [6.45, 7) is 13.0. The van der Waals surface area contributed by atoms with Crippen molar-refractivity contribution in [1.29, 1.82) is 0 Å². The van der Waals surface area contributed by atoms with E-state index in [0.717, 1.165) is 71.2 Å². The summed E-state index contributed by atoms with van der Waals surface area (Å²) < 4.78 is 7.02. The fourth-order valence-electron chi connectivity index (χ4n) is 5.41. The molecule has 0 atom stereocenters. The Kier molecular flexibility index (Phi) is 9.72. The third kappa shape index (κ3) is 6.59. The van der Waals surface area contributed by atoms with E-state index < -0.39 is 0 Å². The van der Waals surface area contributed by atoms with Crippen molar-refractivity contribution in [3.8, 4) is 0 Å². The quantitative estimate of drug-likeness (QED) is 0.263. The maximum absolute atomic E-state index is 13.3. The molecular formula is C33H40N4O3. The molecule has 3 aromatic rings. The van der Waals surface area contributed by atoms with Crippen molar-refractivity contribution in [3.05, 3.63) is 95.2 Å². The van der Waals surface area contributed by atoms with Crippen molar-refractivity contribution in [2.75, 3.05) is 33.4 Å². The van der Waals surface area contributed by atoms with Crippen molar-refractivity contribution in [3.63, 3.8) is 0 Å². The summed E-state index contributed by atoms with van der Waals surface area (Å²) in [7, 11) is 1.61. The van der Waals surface area contributed by atoms with Gasteiger partial charge in [0.05, 0.1) is 12.1 Å². The number of aryl methyl sites for hydroxylation is 2. The van der Waals surface area contributed by atoms with Crippen LogP contribution >= 0.6 is 0 Å². The Morgan fingerprint density at radius 1 is 1.15 bits per heavy atom. The van der Waals surface area contributed by atoms with Gasteiger partial charge in [-0.2, -0.15) is 5.10 Å². The molecule has 1 fully saturated rings. The van der Waals surface area contributed by atoms with Gasteiger partial charge in [-0.15, -0.1) is 0 Å². The van der Waals surface area contributed by atoms with Gasteiger partial charge in [0.2, 0.25) is 0 Å². The van der Waals surface area contributed by atoms with E-state index in [1.165, 1.54) is 0 Å². The molecule has 1 saturated heterocycles. The third-order valence-electron chi connectivity index (χ3n) is 7.62. The van der Waals surface area contributed by atoms with E-state index >= 15 is 0 Å². The summed E-state index contributed by atoms with van der Waals surface area (Å²) in [5.41, 5.74) is 6.47. The van der Waals surface area contributed by atoms with E-state index in [2.05, 4.69) is 18.0 Å². The van der Waals surface area contributed by atoms with E-state index in [1.54, 1.807) is 13.2 Å². The Hall–Kier alpha value is -3.97. The average molecular weight is 541 g/mol. The minimum atomic E-state index is -0.0995. The number of carbonyl (C=O) groups excluding carboxylic acids is 2. The first-order valence-corrected chi connectivity index (χ1v) is 14.0. The summed E-state index contributed by atoms with van der Waals surface area (Å²) in [5.74, 6) is 0.426. The van der Waals surface area contributed by atoms with Gasteiger partial charge in [-0.3, -0.25) is 14.3 Å². The number of methoxy groups -OCH3 is 1. The van der Waals surface area contributed by atoms with Crippen molar-refractivity contribution in [2.24, 2.45) is 5.92 Å². The van der Waals surface area contributed by atoms with Gasteiger partial charge in [0, 0.05) is 56.0 Å². The molecule has 2 heterocycles. The second-order valence-electron chi connectivity index (χ2n) is 10.4. The molecule has 0 spiro atoms. The van der Waals surface area contributed by atoms with Crippen LogP contribution in [0.3, 0.4) is 0 Å². The fourth-order valence-corrected chi connectivity index (χ4v) is 5.41. The number of benzene rings is 2. The lowest BCUT2D eigenvalue weighted by atomic mass is 9.95. The summed E-state index contributed by atoms with van der Waals surface area (Å²) in [6.07, 6.45) is 11.7.